The van der Waals surface area contributed by atoms with E-state index in [1.165, 1.54) is 16.8 Å². The lowest BCUT2D eigenvalue weighted by Gasteiger charge is -2.40. The predicted molar refractivity (Wildman–Crippen MR) is 113 cm³/mol. The summed E-state index contributed by atoms with van der Waals surface area (Å²) in [5.74, 6) is 0. The summed E-state index contributed by atoms with van der Waals surface area (Å²) < 4.78 is 19.4. The van der Waals surface area contributed by atoms with Gasteiger partial charge in [-0.25, -0.2) is 4.79 Å². The smallest absolute Gasteiger partial charge is 0.330 e. The lowest BCUT2D eigenvalue weighted by molar-refractivity contribution is -0.0684. The average Bonchev–Trinajstić information content (AvgIpc) is 2.86. The van der Waals surface area contributed by atoms with Crippen molar-refractivity contribution in [3.63, 3.8) is 0 Å². The largest absolute Gasteiger partial charge is 0.407 e. The zero-order valence-electron chi connectivity index (χ0n) is 18.5. The van der Waals surface area contributed by atoms with Crippen LogP contribution in [0.25, 0.3) is 0 Å². The summed E-state index contributed by atoms with van der Waals surface area (Å²) in [5, 5.41) is 10.9. The number of rotatable bonds is 8. The molecule has 1 aliphatic heterocycles. The minimum absolute atomic E-state index is 0.0898. The first-order chi connectivity index (χ1) is 13.3. The van der Waals surface area contributed by atoms with Crippen molar-refractivity contribution in [3.05, 3.63) is 33.1 Å². The molecule has 0 saturated carbocycles. The van der Waals surface area contributed by atoms with Crippen LogP contribution in [-0.4, -0.2) is 80.0 Å². The Morgan fingerprint density at radius 2 is 1.97 bits per heavy atom. The number of aliphatic hydroxyl groups excluding tert-OH is 1. The van der Waals surface area contributed by atoms with Gasteiger partial charge in [-0.3, -0.25) is 14.3 Å². The molecular weight excluding hydrogens is 394 g/mol. The molecule has 0 aromatic carbocycles. The zero-order chi connectivity index (χ0) is 22.0. The lowest BCUT2D eigenvalue weighted by Crippen LogP contribution is -2.49. The molecule has 29 heavy (non-hydrogen) atoms. The number of hydrogen-bond acceptors (Lipinski definition) is 7. The Morgan fingerprint density at radius 3 is 2.52 bits per heavy atom. The van der Waals surface area contributed by atoms with E-state index in [1.54, 1.807) is 0 Å². The second-order valence-corrected chi connectivity index (χ2v) is 14.1. The van der Waals surface area contributed by atoms with Crippen LogP contribution in [0.3, 0.4) is 0 Å². The van der Waals surface area contributed by atoms with Gasteiger partial charge >= 0.3 is 5.69 Å². The third-order valence-corrected chi connectivity index (χ3v) is 10.1. The monoisotopic (exact) mass is 429 g/mol. The lowest BCUT2D eigenvalue weighted by atomic mass is 10.1. The van der Waals surface area contributed by atoms with Gasteiger partial charge in [0.05, 0.1) is 13.2 Å². The predicted octanol–water partition coefficient (Wildman–Crippen LogP) is 0.764. The molecule has 2 heterocycles. The van der Waals surface area contributed by atoms with Crippen LogP contribution in [0.5, 0.6) is 0 Å². The fourth-order valence-corrected chi connectivity index (χ4v) is 4.09. The van der Waals surface area contributed by atoms with E-state index in [-0.39, 0.29) is 11.6 Å². The van der Waals surface area contributed by atoms with Crippen molar-refractivity contribution < 1.29 is 19.0 Å². The summed E-state index contributed by atoms with van der Waals surface area (Å²) in [7, 11) is 1.63. The number of nitrogens with one attached hydrogen (secondary N) is 1. The molecule has 1 fully saturated rings. The Labute approximate surface area is 172 Å². The van der Waals surface area contributed by atoms with Gasteiger partial charge in [-0.1, -0.05) is 20.8 Å². The molecule has 2 rings (SSSR count). The fourth-order valence-electron chi connectivity index (χ4n) is 2.80. The van der Waals surface area contributed by atoms with Crippen molar-refractivity contribution in [3.8, 4) is 0 Å². The maximum absolute atomic E-state index is 12.3. The molecule has 1 aromatic heterocycles. The van der Waals surface area contributed by atoms with Crippen LogP contribution < -0.4 is 11.2 Å². The molecule has 1 saturated heterocycles. The van der Waals surface area contributed by atoms with E-state index in [1.807, 2.05) is 19.0 Å². The van der Waals surface area contributed by atoms with Crippen LogP contribution in [0, 0.1) is 0 Å². The standard InChI is InChI=1S/C19H35N3O6Si/c1-19(2,3)29(6,7)28-16-15(24)13(12-26-11-10-21(4)5)27-17(16)22-9-8-14(23)20-18(22)25/h8-9,13,15-17,24H,10-12H2,1-7H3,(H,20,23,25)/t13-,15?,16-,17-/m1/s1. The third kappa shape index (κ3) is 5.86. The van der Waals surface area contributed by atoms with Crippen LogP contribution >= 0.6 is 0 Å². The molecule has 0 radical (unpaired) electrons. The van der Waals surface area contributed by atoms with Crippen LogP contribution in [0.2, 0.25) is 18.1 Å². The number of hydrogen-bond donors (Lipinski definition) is 2. The SMILES string of the molecule is CN(C)CCOC[C@H]1O[C@@H](n2ccc(=O)[nH]c2=O)[C@H](O[Si](C)(C)C(C)(C)C)C1O. The second-order valence-electron chi connectivity index (χ2n) is 9.29. The topological polar surface area (TPSA) is 106 Å². The van der Waals surface area contributed by atoms with E-state index in [9.17, 15) is 14.7 Å². The van der Waals surface area contributed by atoms with Crippen molar-refractivity contribution in [1.82, 2.24) is 14.5 Å². The average molecular weight is 430 g/mol. The number of aromatic amines is 1. The molecule has 4 atom stereocenters. The number of aliphatic hydroxyl groups is 1. The van der Waals surface area contributed by atoms with Crippen LogP contribution in [-0.2, 0) is 13.9 Å². The van der Waals surface area contributed by atoms with Crippen molar-refractivity contribution in [2.45, 2.75) is 63.4 Å². The number of likely N-dealkylation sites (N-methyl/N-ethyl adjacent to an activating group) is 1. The van der Waals surface area contributed by atoms with E-state index in [2.05, 4.69) is 38.8 Å². The highest BCUT2D eigenvalue weighted by atomic mass is 28.4. The first kappa shape index (κ1) is 24.0. The molecule has 1 aliphatic rings. The first-order valence-corrected chi connectivity index (χ1v) is 12.8. The summed E-state index contributed by atoms with van der Waals surface area (Å²) in [6.07, 6.45) is -1.84. The summed E-state index contributed by atoms with van der Waals surface area (Å²) >= 11 is 0. The fraction of sp³-hybridized carbons (Fsp3) is 0.789. The second kappa shape index (κ2) is 9.23. The van der Waals surface area contributed by atoms with Gasteiger partial charge in [-0.15, -0.1) is 0 Å². The van der Waals surface area contributed by atoms with Gasteiger partial charge in [0.15, 0.2) is 14.5 Å². The van der Waals surface area contributed by atoms with Crippen molar-refractivity contribution in [2.75, 3.05) is 33.9 Å². The third-order valence-electron chi connectivity index (χ3n) is 5.64. The highest BCUT2D eigenvalue weighted by Crippen LogP contribution is 2.41. The Kier molecular flexibility index (Phi) is 7.63. The number of nitrogens with zero attached hydrogens (tertiary/aromatic N) is 2. The summed E-state index contributed by atoms with van der Waals surface area (Å²) in [5.41, 5.74) is -1.09. The van der Waals surface area contributed by atoms with E-state index < -0.39 is 44.1 Å². The van der Waals surface area contributed by atoms with Gasteiger partial charge < -0.3 is 23.9 Å². The summed E-state index contributed by atoms with van der Waals surface area (Å²) in [6.45, 7) is 11.9. The first-order valence-electron chi connectivity index (χ1n) is 9.89. The van der Waals surface area contributed by atoms with Crippen molar-refractivity contribution in [1.29, 1.82) is 0 Å². The van der Waals surface area contributed by atoms with Gasteiger partial charge in [-0.2, -0.15) is 0 Å². The minimum atomic E-state index is -2.27. The van der Waals surface area contributed by atoms with Gasteiger partial charge in [0.1, 0.15) is 18.3 Å². The Morgan fingerprint density at radius 1 is 1.31 bits per heavy atom. The molecule has 0 bridgehead atoms. The van der Waals surface area contributed by atoms with Crippen LogP contribution in [0.1, 0.15) is 27.0 Å². The summed E-state index contributed by atoms with van der Waals surface area (Å²) in [6, 6.07) is 1.25. The highest BCUT2D eigenvalue weighted by molar-refractivity contribution is 6.74. The van der Waals surface area contributed by atoms with Gasteiger partial charge in [-0.05, 0) is 32.2 Å². The number of H-pyrrole nitrogens is 1. The molecule has 0 amide bonds. The maximum atomic E-state index is 12.3. The van der Waals surface area contributed by atoms with E-state index in [0.29, 0.717) is 6.61 Å². The Bertz CT molecular complexity index is 785. The molecule has 1 aromatic rings. The molecule has 0 aliphatic carbocycles. The van der Waals surface area contributed by atoms with E-state index in [4.69, 9.17) is 13.9 Å². The highest BCUT2D eigenvalue weighted by Gasteiger charge is 2.50. The van der Waals surface area contributed by atoms with Crippen molar-refractivity contribution >= 4 is 8.32 Å². The number of ether oxygens (including phenoxy) is 2. The van der Waals surface area contributed by atoms with E-state index >= 15 is 0 Å². The van der Waals surface area contributed by atoms with Gasteiger partial charge in [0.25, 0.3) is 5.56 Å². The van der Waals surface area contributed by atoms with Crippen LogP contribution in [0.15, 0.2) is 21.9 Å². The van der Waals surface area contributed by atoms with Crippen molar-refractivity contribution in [2.24, 2.45) is 0 Å². The molecule has 2 N–H and O–H groups in total. The van der Waals surface area contributed by atoms with E-state index in [0.717, 1.165) is 6.54 Å². The van der Waals surface area contributed by atoms with Gasteiger partial charge in [0.2, 0.25) is 0 Å². The molecular formula is C19H35N3O6Si. The zero-order valence-corrected chi connectivity index (χ0v) is 19.5. The Balaban J connectivity index is 2.27. The number of aromatic nitrogens is 2. The summed E-state index contributed by atoms with van der Waals surface area (Å²) in [4.78, 5) is 28.0. The maximum Gasteiger partial charge on any atom is 0.330 e. The van der Waals surface area contributed by atoms with Crippen LogP contribution in [0.4, 0.5) is 0 Å². The Hall–Kier alpha value is -1.30. The molecule has 10 heteroatoms. The van der Waals surface area contributed by atoms with Gasteiger partial charge in [0, 0.05) is 18.8 Å². The molecule has 0 spiro atoms. The molecule has 1 unspecified atom stereocenters. The molecule has 166 valence electrons. The minimum Gasteiger partial charge on any atom is -0.407 e. The molecule has 9 nitrogen and oxygen atoms in total. The normalized spacial score (nSPS) is 25.7. The quantitative estimate of drug-likeness (QED) is 0.464.